The van der Waals surface area contributed by atoms with Crippen LogP contribution in [0.25, 0.3) is 0 Å². The highest BCUT2D eigenvalue weighted by Crippen LogP contribution is 2.19. The minimum absolute atomic E-state index is 0.0387. The molecule has 0 unspecified atom stereocenters. The first kappa shape index (κ1) is 28.6. The van der Waals surface area contributed by atoms with Crippen LogP contribution in [0.4, 0.5) is 5.69 Å². The molecule has 1 aromatic rings. The van der Waals surface area contributed by atoms with Gasteiger partial charge in [-0.3, -0.25) is 19.7 Å². The Hall–Kier alpha value is -2.44. The molecule has 0 aliphatic rings. The molecule has 0 aliphatic heterocycles. The maximum Gasteiger partial charge on any atom is 0.306 e. The fraction of sp³-hybridized carbons (Fsp3) is 0.692. The van der Waals surface area contributed by atoms with Crippen LogP contribution in [0, 0.1) is 17.0 Å². The highest BCUT2D eigenvalue weighted by Gasteiger charge is 2.12. The van der Waals surface area contributed by atoms with E-state index in [1.54, 1.807) is 19.1 Å². The molecule has 0 aliphatic carbocycles. The second kappa shape index (κ2) is 18.0. The van der Waals surface area contributed by atoms with Crippen LogP contribution in [0.5, 0.6) is 0 Å². The zero-order valence-electron chi connectivity index (χ0n) is 20.4. The number of ether oxygens (including phenoxy) is 2. The van der Waals surface area contributed by atoms with Crippen molar-refractivity contribution in [3.8, 4) is 0 Å². The van der Waals surface area contributed by atoms with E-state index in [0.29, 0.717) is 24.2 Å². The van der Waals surface area contributed by atoms with Gasteiger partial charge >= 0.3 is 11.9 Å². The number of hydrogen-bond donors (Lipinski definition) is 0. The first-order chi connectivity index (χ1) is 15.9. The Morgan fingerprint density at radius 2 is 1.36 bits per heavy atom. The van der Waals surface area contributed by atoms with Gasteiger partial charge in [-0.25, -0.2) is 0 Å². The second-order valence-electron chi connectivity index (χ2n) is 8.65. The van der Waals surface area contributed by atoms with E-state index in [-0.39, 0.29) is 31.1 Å². The van der Waals surface area contributed by atoms with E-state index in [0.717, 1.165) is 12.8 Å². The van der Waals surface area contributed by atoms with E-state index in [2.05, 4.69) is 6.92 Å². The quantitative estimate of drug-likeness (QED) is 0.0951. The van der Waals surface area contributed by atoms with Gasteiger partial charge in [0, 0.05) is 24.5 Å². The van der Waals surface area contributed by atoms with Gasteiger partial charge in [0.05, 0.1) is 11.5 Å². The number of unbranched alkanes of at least 4 members (excludes halogenated alkanes) is 10. The van der Waals surface area contributed by atoms with Gasteiger partial charge in [0.15, 0.2) is 0 Å². The van der Waals surface area contributed by atoms with Crippen LogP contribution in [0.3, 0.4) is 0 Å². The Balaban J connectivity index is 1.98. The zero-order chi connectivity index (χ0) is 24.3. The van der Waals surface area contributed by atoms with Crippen LogP contribution in [-0.2, 0) is 25.7 Å². The average Bonchev–Trinajstić information content (AvgIpc) is 2.78. The first-order valence-corrected chi connectivity index (χ1v) is 12.5. The van der Waals surface area contributed by atoms with E-state index in [4.69, 9.17) is 9.47 Å². The molecule has 33 heavy (non-hydrogen) atoms. The van der Waals surface area contributed by atoms with Crippen molar-refractivity contribution in [2.45, 2.75) is 110 Å². The number of carbonyl (C=O) groups excluding carboxylic acids is 2. The van der Waals surface area contributed by atoms with E-state index in [1.807, 2.05) is 0 Å². The molecule has 7 nitrogen and oxygen atoms in total. The molecule has 0 aromatic heterocycles. The number of benzene rings is 1. The second-order valence-corrected chi connectivity index (χ2v) is 8.65. The van der Waals surface area contributed by atoms with Gasteiger partial charge < -0.3 is 9.47 Å². The smallest absolute Gasteiger partial charge is 0.306 e. The van der Waals surface area contributed by atoms with Crippen molar-refractivity contribution in [3.63, 3.8) is 0 Å². The lowest BCUT2D eigenvalue weighted by Gasteiger charge is -2.07. The Morgan fingerprint density at radius 3 is 1.91 bits per heavy atom. The molecule has 1 aromatic carbocycles. The number of esters is 2. The summed E-state index contributed by atoms with van der Waals surface area (Å²) in [6.07, 6.45) is 14.5. The lowest BCUT2D eigenvalue weighted by atomic mass is 10.1. The lowest BCUT2D eigenvalue weighted by molar-refractivity contribution is -0.385. The fourth-order valence-electron chi connectivity index (χ4n) is 3.65. The third-order valence-corrected chi connectivity index (χ3v) is 5.63. The SMILES string of the molecule is CCCCCCCCCCCCCOC(=O)CCCC(=O)OCc1ccc([N+](=O)[O-])c(C)c1. The number of nitro groups is 1. The minimum atomic E-state index is -0.443. The summed E-state index contributed by atoms with van der Waals surface area (Å²) in [5.74, 6) is -0.676. The van der Waals surface area contributed by atoms with E-state index in [1.165, 1.54) is 63.9 Å². The lowest BCUT2D eigenvalue weighted by Crippen LogP contribution is -2.09. The molecule has 0 N–H and O–H groups in total. The van der Waals surface area contributed by atoms with Crippen LogP contribution in [0.15, 0.2) is 18.2 Å². The van der Waals surface area contributed by atoms with Crippen LogP contribution < -0.4 is 0 Å². The summed E-state index contributed by atoms with van der Waals surface area (Å²) < 4.78 is 10.4. The molecule has 0 saturated carbocycles. The Morgan fingerprint density at radius 1 is 0.818 bits per heavy atom. The number of nitrogens with zero attached hydrogens (tertiary/aromatic N) is 1. The van der Waals surface area contributed by atoms with Gasteiger partial charge in [-0.2, -0.15) is 0 Å². The molecule has 0 spiro atoms. The molecule has 0 radical (unpaired) electrons. The molecule has 0 saturated heterocycles. The molecule has 0 fully saturated rings. The van der Waals surface area contributed by atoms with Gasteiger partial charge in [0.25, 0.3) is 5.69 Å². The van der Waals surface area contributed by atoms with Crippen molar-refractivity contribution < 1.29 is 24.0 Å². The number of nitro benzene ring substituents is 1. The maximum atomic E-state index is 11.8. The third kappa shape index (κ3) is 14.3. The summed E-state index contributed by atoms with van der Waals surface area (Å²) in [5, 5.41) is 10.8. The summed E-state index contributed by atoms with van der Waals surface area (Å²) in [4.78, 5) is 34.0. The fourth-order valence-corrected chi connectivity index (χ4v) is 3.65. The van der Waals surface area contributed by atoms with Crippen molar-refractivity contribution in [2.24, 2.45) is 0 Å². The van der Waals surface area contributed by atoms with Crippen molar-refractivity contribution in [2.75, 3.05) is 6.61 Å². The molecule has 0 bridgehead atoms. The van der Waals surface area contributed by atoms with Gasteiger partial charge in [0.1, 0.15) is 6.61 Å². The van der Waals surface area contributed by atoms with Crippen LogP contribution in [-0.4, -0.2) is 23.5 Å². The standard InChI is InChI=1S/C26H41NO6/c1-3-4-5-6-7-8-9-10-11-12-13-19-32-25(28)15-14-16-26(29)33-21-23-17-18-24(27(30)31)22(2)20-23/h17-18,20H,3-16,19,21H2,1-2H3. The molecule has 0 heterocycles. The summed E-state index contributed by atoms with van der Waals surface area (Å²) in [6.45, 7) is 4.38. The van der Waals surface area contributed by atoms with Gasteiger partial charge in [-0.05, 0) is 37.5 Å². The number of aryl methyl sites for hydroxylation is 1. The molecule has 7 heteroatoms. The average molecular weight is 464 g/mol. The predicted molar refractivity (Wildman–Crippen MR) is 129 cm³/mol. The monoisotopic (exact) mass is 463 g/mol. The third-order valence-electron chi connectivity index (χ3n) is 5.63. The van der Waals surface area contributed by atoms with Gasteiger partial charge in [0.2, 0.25) is 0 Å². The minimum Gasteiger partial charge on any atom is -0.466 e. The highest BCUT2D eigenvalue weighted by atomic mass is 16.6. The molecule has 0 atom stereocenters. The molecule has 1 rings (SSSR count). The first-order valence-electron chi connectivity index (χ1n) is 12.5. The summed E-state index contributed by atoms with van der Waals surface area (Å²) in [7, 11) is 0. The van der Waals surface area contributed by atoms with Crippen molar-refractivity contribution >= 4 is 17.6 Å². The zero-order valence-corrected chi connectivity index (χ0v) is 20.4. The summed E-state index contributed by atoms with van der Waals surface area (Å²) >= 11 is 0. The van der Waals surface area contributed by atoms with Crippen molar-refractivity contribution in [1.82, 2.24) is 0 Å². The van der Waals surface area contributed by atoms with Crippen molar-refractivity contribution in [1.29, 1.82) is 0 Å². The molecular formula is C26H41NO6. The van der Waals surface area contributed by atoms with E-state index in [9.17, 15) is 19.7 Å². The van der Waals surface area contributed by atoms with Gasteiger partial charge in [-0.1, -0.05) is 71.1 Å². The van der Waals surface area contributed by atoms with Crippen LogP contribution in [0.2, 0.25) is 0 Å². The Kier molecular flexibility index (Phi) is 15.6. The number of rotatable bonds is 19. The van der Waals surface area contributed by atoms with Crippen LogP contribution >= 0.6 is 0 Å². The summed E-state index contributed by atoms with van der Waals surface area (Å²) in [6, 6.07) is 4.62. The van der Waals surface area contributed by atoms with Gasteiger partial charge in [-0.15, -0.1) is 0 Å². The highest BCUT2D eigenvalue weighted by molar-refractivity contribution is 5.72. The molecule has 186 valence electrons. The van der Waals surface area contributed by atoms with E-state index >= 15 is 0 Å². The van der Waals surface area contributed by atoms with E-state index < -0.39 is 10.9 Å². The largest absolute Gasteiger partial charge is 0.466 e. The Labute approximate surface area is 198 Å². The molecular weight excluding hydrogens is 422 g/mol. The number of carbonyl (C=O) groups is 2. The van der Waals surface area contributed by atoms with Crippen LogP contribution in [0.1, 0.15) is 108 Å². The predicted octanol–water partition coefficient (Wildman–Crippen LogP) is 6.97. The molecule has 0 amide bonds. The Bertz CT molecular complexity index is 719. The summed E-state index contributed by atoms with van der Waals surface area (Å²) in [5.41, 5.74) is 1.25. The maximum absolute atomic E-state index is 11.8. The topological polar surface area (TPSA) is 95.7 Å². The number of hydrogen-bond acceptors (Lipinski definition) is 6. The normalized spacial score (nSPS) is 10.7. The van der Waals surface area contributed by atoms with Crippen molar-refractivity contribution in [3.05, 3.63) is 39.4 Å².